The highest BCUT2D eigenvalue weighted by molar-refractivity contribution is 8.00. The Morgan fingerprint density at radius 2 is 1.94 bits per heavy atom. The van der Waals surface area contributed by atoms with Gasteiger partial charge in [-0.3, -0.25) is 4.79 Å². The fraction of sp³-hybridized carbons (Fsp3) is 0.462. The average molecular weight is 268 g/mol. The van der Waals surface area contributed by atoms with Crippen LogP contribution >= 0.6 is 11.8 Å². The van der Waals surface area contributed by atoms with Crippen molar-refractivity contribution in [3.8, 4) is 0 Å². The highest BCUT2D eigenvalue weighted by atomic mass is 32.2. The Kier molecular flexibility index (Phi) is 5.27. The molecule has 0 N–H and O–H groups in total. The Hall–Kier alpha value is -0.743. The average Bonchev–Trinajstić information content (AvgIpc) is 2.24. The van der Waals surface area contributed by atoms with E-state index < -0.39 is 8.07 Å². The molecular formula is C13H20O2SSi. The second kappa shape index (κ2) is 6.26. The highest BCUT2D eigenvalue weighted by Crippen LogP contribution is 2.21. The van der Waals surface area contributed by atoms with E-state index in [2.05, 4.69) is 32.6 Å². The largest absolute Gasteiger partial charge is 0.469 e. The molecule has 0 spiro atoms. The van der Waals surface area contributed by atoms with Gasteiger partial charge in [0, 0.05) is 4.90 Å². The third-order valence-corrected chi connectivity index (χ3v) is 4.26. The SMILES string of the molecule is Cc1ccccc1SCC(=O)OC[Si](C)(C)C. The fourth-order valence-corrected chi connectivity index (χ4v) is 2.61. The Morgan fingerprint density at radius 1 is 1.29 bits per heavy atom. The molecule has 2 nitrogen and oxygen atoms in total. The molecule has 0 bridgehead atoms. The molecule has 0 saturated carbocycles. The molecular weight excluding hydrogens is 248 g/mol. The van der Waals surface area contributed by atoms with Gasteiger partial charge < -0.3 is 4.74 Å². The molecule has 0 unspecified atom stereocenters. The van der Waals surface area contributed by atoms with Crippen LogP contribution < -0.4 is 0 Å². The summed E-state index contributed by atoms with van der Waals surface area (Å²) in [5.41, 5.74) is 1.20. The number of ether oxygens (including phenoxy) is 1. The van der Waals surface area contributed by atoms with Crippen LogP contribution in [0, 0.1) is 6.92 Å². The minimum absolute atomic E-state index is 0.110. The predicted molar refractivity (Wildman–Crippen MR) is 76.2 cm³/mol. The number of hydrogen-bond donors (Lipinski definition) is 0. The Bertz CT molecular complexity index is 385. The summed E-state index contributed by atoms with van der Waals surface area (Å²) in [5.74, 6) is 0.288. The van der Waals surface area contributed by atoms with Crippen molar-refractivity contribution in [3.63, 3.8) is 0 Å². The van der Waals surface area contributed by atoms with Crippen LogP contribution in [0.15, 0.2) is 29.2 Å². The van der Waals surface area contributed by atoms with Gasteiger partial charge in [0.1, 0.15) is 0 Å². The second-order valence-electron chi connectivity index (χ2n) is 5.28. The van der Waals surface area contributed by atoms with Crippen molar-refractivity contribution >= 4 is 25.8 Å². The maximum Gasteiger partial charge on any atom is 0.315 e. The summed E-state index contributed by atoms with van der Waals surface area (Å²) in [7, 11) is -1.29. The normalized spacial score (nSPS) is 11.3. The Labute approximate surface area is 109 Å². The smallest absolute Gasteiger partial charge is 0.315 e. The lowest BCUT2D eigenvalue weighted by atomic mass is 10.2. The molecule has 0 atom stereocenters. The molecule has 0 aliphatic carbocycles. The van der Waals surface area contributed by atoms with Crippen LogP contribution in [0.25, 0.3) is 0 Å². The number of benzene rings is 1. The number of aryl methyl sites for hydroxylation is 1. The second-order valence-corrected chi connectivity index (χ2v) is 11.7. The lowest BCUT2D eigenvalue weighted by molar-refractivity contribution is -0.138. The van der Waals surface area contributed by atoms with E-state index in [0.29, 0.717) is 12.0 Å². The van der Waals surface area contributed by atoms with Gasteiger partial charge in [-0.2, -0.15) is 0 Å². The zero-order valence-corrected chi connectivity index (χ0v) is 12.8. The van der Waals surface area contributed by atoms with Crippen LogP contribution in [0.4, 0.5) is 0 Å². The van der Waals surface area contributed by atoms with Crippen LogP contribution in [0.3, 0.4) is 0 Å². The van der Waals surface area contributed by atoms with Crippen molar-refractivity contribution in [3.05, 3.63) is 29.8 Å². The lowest BCUT2D eigenvalue weighted by Gasteiger charge is -2.15. The lowest BCUT2D eigenvalue weighted by Crippen LogP contribution is -2.30. The minimum atomic E-state index is -1.29. The number of hydrogen-bond acceptors (Lipinski definition) is 3. The molecule has 0 heterocycles. The van der Waals surface area contributed by atoms with Gasteiger partial charge in [0.2, 0.25) is 0 Å². The van der Waals surface area contributed by atoms with Crippen molar-refractivity contribution in [2.24, 2.45) is 0 Å². The van der Waals surface area contributed by atoms with E-state index in [1.54, 1.807) is 11.8 Å². The summed E-state index contributed by atoms with van der Waals surface area (Å²) < 4.78 is 5.27. The number of carbonyl (C=O) groups is 1. The first-order chi connectivity index (χ1) is 7.88. The molecule has 1 aromatic rings. The van der Waals surface area contributed by atoms with E-state index in [0.717, 1.165) is 4.90 Å². The maximum absolute atomic E-state index is 11.6. The zero-order valence-electron chi connectivity index (χ0n) is 10.9. The van der Waals surface area contributed by atoms with E-state index in [9.17, 15) is 4.79 Å². The fourth-order valence-electron chi connectivity index (χ4n) is 1.19. The van der Waals surface area contributed by atoms with E-state index in [-0.39, 0.29) is 5.97 Å². The third-order valence-electron chi connectivity index (χ3n) is 2.11. The number of rotatable bonds is 5. The molecule has 17 heavy (non-hydrogen) atoms. The van der Waals surface area contributed by atoms with Crippen molar-refractivity contribution in [1.29, 1.82) is 0 Å². The minimum Gasteiger partial charge on any atom is -0.469 e. The number of carbonyl (C=O) groups excluding carboxylic acids is 1. The molecule has 0 radical (unpaired) electrons. The first kappa shape index (κ1) is 14.3. The van der Waals surface area contributed by atoms with Gasteiger partial charge in [-0.1, -0.05) is 37.8 Å². The molecule has 4 heteroatoms. The van der Waals surface area contributed by atoms with E-state index in [1.807, 2.05) is 18.2 Å². The van der Waals surface area contributed by atoms with Crippen LogP contribution in [0.5, 0.6) is 0 Å². The molecule has 1 aromatic carbocycles. The molecule has 94 valence electrons. The molecule has 0 saturated heterocycles. The maximum atomic E-state index is 11.6. The third kappa shape index (κ3) is 5.93. The summed E-state index contributed by atoms with van der Waals surface area (Å²) in [6.45, 7) is 8.62. The first-order valence-electron chi connectivity index (χ1n) is 5.72. The van der Waals surface area contributed by atoms with Gasteiger partial charge in [-0.05, 0) is 18.6 Å². The van der Waals surface area contributed by atoms with Gasteiger partial charge in [0.05, 0.1) is 20.1 Å². The summed E-state index contributed by atoms with van der Waals surface area (Å²) >= 11 is 1.55. The van der Waals surface area contributed by atoms with Crippen LogP contribution in [0.2, 0.25) is 19.6 Å². The quantitative estimate of drug-likeness (QED) is 0.464. The summed E-state index contributed by atoms with van der Waals surface area (Å²) in [6, 6.07) is 8.08. The van der Waals surface area contributed by atoms with Crippen molar-refractivity contribution < 1.29 is 9.53 Å². The van der Waals surface area contributed by atoms with E-state index >= 15 is 0 Å². The van der Waals surface area contributed by atoms with Gasteiger partial charge in [0.25, 0.3) is 0 Å². The van der Waals surface area contributed by atoms with Gasteiger partial charge in [0.15, 0.2) is 0 Å². The zero-order chi connectivity index (χ0) is 12.9. The van der Waals surface area contributed by atoms with Crippen molar-refractivity contribution in [1.82, 2.24) is 0 Å². The van der Waals surface area contributed by atoms with Gasteiger partial charge in [-0.25, -0.2) is 0 Å². The van der Waals surface area contributed by atoms with Crippen LogP contribution in [-0.2, 0) is 9.53 Å². The summed E-state index contributed by atoms with van der Waals surface area (Å²) in [4.78, 5) is 12.7. The molecule has 0 fully saturated rings. The summed E-state index contributed by atoms with van der Waals surface area (Å²) in [6.07, 6.45) is 0.611. The van der Waals surface area contributed by atoms with Crippen LogP contribution in [0.1, 0.15) is 5.56 Å². The van der Waals surface area contributed by atoms with Crippen molar-refractivity contribution in [2.45, 2.75) is 31.5 Å². The van der Waals surface area contributed by atoms with E-state index in [1.165, 1.54) is 5.56 Å². The molecule has 0 aliphatic heterocycles. The first-order valence-corrected chi connectivity index (χ1v) is 10.4. The van der Waals surface area contributed by atoms with Gasteiger partial charge >= 0.3 is 5.97 Å². The van der Waals surface area contributed by atoms with Crippen molar-refractivity contribution in [2.75, 3.05) is 12.0 Å². The highest BCUT2D eigenvalue weighted by Gasteiger charge is 2.16. The van der Waals surface area contributed by atoms with Gasteiger partial charge in [-0.15, -0.1) is 11.8 Å². The predicted octanol–water partition coefficient (Wildman–Crippen LogP) is 3.51. The summed E-state index contributed by atoms with van der Waals surface area (Å²) in [5, 5.41) is 0. The Balaban J connectivity index is 2.36. The monoisotopic (exact) mass is 268 g/mol. The molecule has 0 aliphatic rings. The molecule has 0 amide bonds. The molecule has 0 aromatic heterocycles. The topological polar surface area (TPSA) is 26.3 Å². The Morgan fingerprint density at radius 3 is 2.53 bits per heavy atom. The number of esters is 1. The standard InChI is InChI=1S/C13H20O2SSi/c1-11-7-5-6-8-12(11)16-9-13(14)15-10-17(2,3)4/h5-8H,9-10H2,1-4H3. The number of thioether (sulfide) groups is 1. The molecule has 1 rings (SSSR count). The van der Waals surface area contributed by atoms with Crippen LogP contribution in [-0.4, -0.2) is 26.0 Å². The van der Waals surface area contributed by atoms with E-state index in [4.69, 9.17) is 4.74 Å².